The van der Waals surface area contributed by atoms with E-state index in [2.05, 4.69) is 20.6 Å². The number of hydrogen-bond donors (Lipinski definition) is 2. The largest absolute Gasteiger partial charge is 0.378 e. The Morgan fingerprint density at radius 2 is 2.20 bits per heavy atom. The third-order valence-electron chi connectivity index (χ3n) is 3.19. The lowest BCUT2D eigenvalue weighted by Crippen LogP contribution is -2.41. The summed E-state index contributed by atoms with van der Waals surface area (Å²) in [7, 11) is 1.77. The average Bonchev–Trinajstić information content (AvgIpc) is 2.50. The van der Waals surface area contributed by atoms with Gasteiger partial charge in [-0.25, -0.2) is 4.98 Å². The van der Waals surface area contributed by atoms with Crippen LogP contribution in [0.25, 0.3) is 0 Å². The fourth-order valence-electron chi connectivity index (χ4n) is 2.00. The van der Waals surface area contributed by atoms with E-state index in [9.17, 15) is 4.79 Å². The van der Waals surface area contributed by atoms with E-state index in [-0.39, 0.29) is 5.91 Å². The number of aryl methyl sites for hydroxylation is 1. The predicted molar refractivity (Wildman–Crippen MR) is 76.8 cm³/mol. The molecule has 1 aromatic heterocycles. The Morgan fingerprint density at radius 3 is 2.90 bits per heavy atom. The molecule has 0 bridgehead atoms. The van der Waals surface area contributed by atoms with Crippen LogP contribution in [0.4, 0.5) is 11.8 Å². The lowest BCUT2D eigenvalue weighted by atomic mass is 10.3. The van der Waals surface area contributed by atoms with Crippen LogP contribution in [0.3, 0.4) is 0 Å². The van der Waals surface area contributed by atoms with Crippen molar-refractivity contribution in [3.63, 3.8) is 0 Å². The topological polar surface area (TPSA) is 79.4 Å². The minimum atomic E-state index is 0.154. The maximum absolute atomic E-state index is 12.0. The zero-order valence-electron chi connectivity index (χ0n) is 12.0. The summed E-state index contributed by atoms with van der Waals surface area (Å²) in [4.78, 5) is 22.3. The van der Waals surface area contributed by atoms with E-state index in [1.165, 1.54) is 0 Å². The number of carbonyl (C=O) groups excluding carboxylic acids is 1. The summed E-state index contributed by atoms with van der Waals surface area (Å²) in [5.41, 5.74) is 0.961. The Hall–Kier alpha value is -1.89. The van der Waals surface area contributed by atoms with Crippen molar-refractivity contribution in [2.75, 3.05) is 50.5 Å². The molecule has 7 nitrogen and oxygen atoms in total. The van der Waals surface area contributed by atoms with Crippen molar-refractivity contribution in [3.8, 4) is 0 Å². The van der Waals surface area contributed by atoms with E-state index in [1.54, 1.807) is 13.2 Å². The van der Waals surface area contributed by atoms with Gasteiger partial charge in [-0.15, -0.1) is 0 Å². The molecular weight excluding hydrogens is 258 g/mol. The van der Waals surface area contributed by atoms with Gasteiger partial charge < -0.3 is 20.3 Å². The SMILES string of the molecule is CNc1ncc(C)c(NCCC(=O)N2CCOCC2)n1. The van der Waals surface area contributed by atoms with Gasteiger partial charge in [0.05, 0.1) is 13.2 Å². The van der Waals surface area contributed by atoms with Gasteiger partial charge in [0.1, 0.15) is 5.82 Å². The van der Waals surface area contributed by atoms with Crippen molar-refractivity contribution in [2.45, 2.75) is 13.3 Å². The molecular formula is C13H21N5O2. The Morgan fingerprint density at radius 1 is 1.45 bits per heavy atom. The van der Waals surface area contributed by atoms with Crippen molar-refractivity contribution < 1.29 is 9.53 Å². The molecule has 0 radical (unpaired) electrons. The first-order valence-electron chi connectivity index (χ1n) is 6.81. The number of morpholine rings is 1. The Kier molecular flexibility index (Phi) is 5.11. The standard InChI is InChI=1S/C13H21N5O2/c1-10-9-16-13(14-2)17-12(10)15-4-3-11(19)18-5-7-20-8-6-18/h9H,3-8H2,1-2H3,(H2,14,15,16,17). The van der Waals surface area contributed by atoms with Crippen LogP contribution in [0.5, 0.6) is 0 Å². The molecule has 20 heavy (non-hydrogen) atoms. The fraction of sp³-hybridized carbons (Fsp3) is 0.615. The Balaban J connectivity index is 1.81. The van der Waals surface area contributed by atoms with Gasteiger partial charge in [0.2, 0.25) is 11.9 Å². The molecule has 2 rings (SSSR count). The van der Waals surface area contributed by atoms with E-state index in [1.807, 2.05) is 11.8 Å². The molecule has 1 aromatic rings. The summed E-state index contributed by atoms with van der Waals surface area (Å²) >= 11 is 0. The first-order chi connectivity index (χ1) is 9.70. The summed E-state index contributed by atoms with van der Waals surface area (Å²) < 4.78 is 5.23. The highest BCUT2D eigenvalue weighted by molar-refractivity contribution is 5.76. The van der Waals surface area contributed by atoms with E-state index in [4.69, 9.17) is 4.74 Å². The second-order valence-corrected chi connectivity index (χ2v) is 4.65. The molecule has 0 unspecified atom stereocenters. The van der Waals surface area contributed by atoms with Crippen LogP contribution in [-0.2, 0) is 9.53 Å². The van der Waals surface area contributed by atoms with Crippen molar-refractivity contribution >= 4 is 17.7 Å². The highest BCUT2D eigenvalue weighted by Crippen LogP contribution is 2.12. The summed E-state index contributed by atoms with van der Waals surface area (Å²) in [5, 5.41) is 6.08. The minimum absolute atomic E-state index is 0.154. The second kappa shape index (κ2) is 7.04. The molecule has 7 heteroatoms. The molecule has 1 aliphatic rings. The maximum atomic E-state index is 12.0. The minimum Gasteiger partial charge on any atom is -0.378 e. The molecule has 0 spiro atoms. The van der Waals surface area contributed by atoms with Gasteiger partial charge in [-0.05, 0) is 6.92 Å². The van der Waals surface area contributed by atoms with E-state index >= 15 is 0 Å². The molecule has 1 aliphatic heterocycles. The first kappa shape index (κ1) is 14.5. The van der Waals surface area contributed by atoms with E-state index in [0.29, 0.717) is 45.2 Å². The number of anilines is 2. The predicted octanol–water partition coefficient (Wildman–Crippen LogP) is 0.488. The van der Waals surface area contributed by atoms with Crippen LogP contribution in [0.2, 0.25) is 0 Å². The van der Waals surface area contributed by atoms with Gasteiger partial charge in [0.25, 0.3) is 0 Å². The zero-order chi connectivity index (χ0) is 14.4. The molecule has 1 amide bonds. The molecule has 110 valence electrons. The number of ether oxygens (including phenoxy) is 1. The average molecular weight is 279 g/mol. The quantitative estimate of drug-likeness (QED) is 0.816. The summed E-state index contributed by atoms with van der Waals surface area (Å²) in [6.07, 6.45) is 2.21. The van der Waals surface area contributed by atoms with Gasteiger partial charge in [-0.1, -0.05) is 0 Å². The molecule has 2 N–H and O–H groups in total. The Labute approximate surface area is 118 Å². The first-order valence-corrected chi connectivity index (χ1v) is 6.81. The number of carbonyl (C=O) groups is 1. The summed E-state index contributed by atoms with van der Waals surface area (Å²) in [6, 6.07) is 0. The normalized spacial score (nSPS) is 15.0. The molecule has 1 saturated heterocycles. The van der Waals surface area contributed by atoms with Crippen molar-refractivity contribution in [3.05, 3.63) is 11.8 Å². The van der Waals surface area contributed by atoms with Crippen molar-refractivity contribution in [1.29, 1.82) is 0 Å². The van der Waals surface area contributed by atoms with E-state index < -0.39 is 0 Å². The van der Waals surface area contributed by atoms with Crippen molar-refractivity contribution in [2.24, 2.45) is 0 Å². The van der Waals surface area contributed by atoms with Crippen LogP contribution in [0.15, 0.2) is 6.20 Å². The van der Waals surface area contributed by atoms with E-state index in [0.717, 1.165) is 11.4 Å². The van der Waals surface area contributed by atoms with Crippen LogP contribution in [-0.4, -0.2) is 60.7 Å². The van der Waals surface area contributed by atoms with Crippen LogP contribution >= 0.6 is 0 Å². The van der Waals surface area contributed by atoms with Crippen LogP contribution in [0, 0.1) is 6.92 Å². The number of nitrogens with one attached hydrogen (secondary N) is 2. The monoisotopic (exact) mass is 279 g/mol. The lowest BCUT2D eigenvalue weighted by molar-refractivity contribution is -0.134. The summed E-state index contributed by atoms with van der Waals surface area (Å²) in [5.74, 6) is 1.48. The lowest BCUT2D eigenvalue weighted by Gasteiger charge is -2.26. The van der Waals surface area contributed by atoms with Gasteiger partial charge in [-0.3, -0.25) is 4.79 Å². The number of nitrogens with zero attached hydrogens (tertiary/aromatic N) is 3. The number of rotatable bonds is 5. The molecule has 1 fully saturated rings. The Bertz CT molecular complexity index is 460. The third kappa shape index (κ3) is 3.80. The zero-order valence-corrected chi connectivity index (χ0v) is 12.0. The number of amides is 1. The highest BCUT2D eigenvalue weighted by atomic mass is 16.5. The van der Waals surface area contributed by atoms with Gasteiger partial charge >= 0.3 is 0 Å². The van der Waals surface area contributed by atoms with Crippen LogP contribution in [0.1, 0.15) is 12.0 Å². The van der Waals surface area contributed by atoms with Gasteiger partial charge in [0.15, 0.2) is 0 Å². The third-order valence-corrected chi connectivity index (χ3v) is 3.19. The van der Waals surface area contributed by atoms with Crippen molar-refractivity contribution in [1.82, 2.24) is 14.9 Å². The van der Waals surface area contributed by atoms with Crippen LogP contribution < -0.4 is 10.6 Å². The number of hydrogen-bond acceptors (Lipinski definition) is 6. The molecule has 0 aromatic carbocycles. The highest BCUT2D eigenvalue weighted by Gasteiger charge is 2.16. The smallest absolute Gasteiger partial charge is 0.224 e. The fourth-order valence-corrected chi connectivity index (χ4v) is 2.00. The maximum Gasteiger partial charge on any atom is 0.224 e. The number of aromatic nitrogens is 2. The van der Waals surface area contributed by atoms with Gasteiger partial charge in [0, 0.05) is 44.9 Å². The second-order valence-electron chi connectivity index (χ2n) is 4.65. The molecule has 0 aliphatic carbocycles. The molecule has 2 heterocycles. The molecule has 0 atom stereocenters. The summed E-state index contributed by atoms with van der Waals surface area (Å²) in [6.45, 7) is 5.15. The molecule has 0 saturated carbocycles. The van der Waals surface area contributed by atoms with Gasteiger partial charge in [-0.2, -0.15) is 4.98 Å².